The molecule has 2 saturated heterocycles. The van der Waals surface area contributed by atoms with E-state index in [-0.39, 0.29) is 0 Å². The van der Waals surface area contributed by atoms with Gasteiger partial charge in [0.05, 0.1) is 10.4 Å². The quantitative estimate of drug-likeness (QED) is 0.602. The van der Waals surface area contributed by atoms with Crippen molar-refractivity contribution in [2.45, 2.75) is 31.6 Å². The minimum atomic E-state index is -3.41. The highest BCUT2D eigenvalue weighted by molar-refractivity contribution is 7.89. The first-order valence-corrected chi connectivity index (χ1v) is 12.8. The van der Waals surface area contributed by atoms with Gasteiger partial charge in [-0.15, -0.1) is 0 Å². The first-order valence-electron chi connectivity index (χ1n) is 11.4. The van der Waals surface area contributed by atoms with Crippen LogP contribution in [-0.4, -0.2) is 57.0 Å². The van der Waals surface area contributed by atoms with E-state index >= 15 is 0 Å². The lowest BCUT2D eigenvalue weighted by Gasteiger charge is -2.37. The van der Waals surface area contributed by atoms with Crippen molar-refractivity contribution in [2.24, 2.45) is 0 Å². The van der Waals surface area contributed by atoms with Gasteiger partial charge < -0.3 is 9.80 Å². The molecule has 2 aliphatic heterocycles. The minimum Gasteiger partial charge on any atom is -0.368 e. The lowest BCUT2D eigenvalue weighted by molar-refractivity contribution is 0.477. The van der Waals surface area contributed by atoms with Crippen LogP contribution in [0, 0.1) is 13.8 Å². The summed E-state index contributed by atoms with van der Waals surface area (Å²) < 4.78 is 27.3. The van der Waals surface area contributed by atoms with Crippen molar-refractivity contribution in [3.63, 3.8) is 0 Å². The number of aryl methyl sites for hydroxylation is 2. The molecule has 3 aromatic rings. The summed E-state index contributed by atoms with van der Waals surface area (Å²) >= 11 is 0. The van der Waals surface area contributed by atoms with E-state index in [0.29, 0.717) is 18.0 Å². The molecular weight excluding hydrogens is 420 g/mol. The Balaban J connectivity index is 1.33. The summed E-state index contributed by atoms with van der Waals surface area (Å²) in [5, 5.41) is 0.864. The van der Waals surface area contributed by atoms with E-state index in [1.807, 2.05) is 18.2 Å². The summed E-state index contributed by atoms with van der Waals surface area (Å²) in [6, 6.07) is 15.9. The van der Waals surface area contributed by atoms with Crippen molar-refractivity contribution in [3.8, 4) is 0 Å². The zero-order valence-electron chi connectivity index (χ0n) is 18.8. The molecule has 1 aromatic heterocycles. The van der Waals surface area contributed by atoms with Crippen molar-refractivity contribution >= 4 is 32.4 Å². The first kappa shape index (κ1) is 21.2. The number of benzene rings is 2. The molecule has 0 spiro atoms. The van der Waals surface area contributed by atoms with Crippen LogP contribution in [-0.2, 0) is 10.0 Å². The second-order valence-electron chi connectivity index (χ2n) is 8.90. The van der Waals surface area contributed by atoms with Gasteiger partial charge >= 0.3 is 0 Å². The van der Waals surface area contributed by atoms with Gasteiger partial charge in [-0.2, -0.15) is 4.31 Å². The van der Waals surface area contributed by atoms with Crippen molar-refractivity contribution in [2.75, 3.05) is 49.1 Å². The third-order valence-electron chi connectivity index (χ3n) is 6.66. The molecule has 6 nitrogen and oxygen atoms in total. The van der Waals surface area contributed by atoms with Gasteiger partial charge in [-0.1, -0.05) is 12.1 Å². The number of nitrogens with zero attached hydrogens (tertiary/aromatic N) is 4. The molecule has 2 aromatic carbocycles. The smallest absolute Gasteiger partial charge is 0.243 e. The second-order valence-corrected chi connectivity index (χ2v) is 10.8. The largest absolute Gasteiger partial charge is 0.368 e. The molecule has 0 amide bonds. The van der Waals surface area contributed by atoms with Gasteiger partial charge in [0.1, 0.15) is 5.82 Å². The predicted molar refractivity (Wildman–Crippen MR) is 130 cm³/mol. The Morgan fingerprint density at radius 1 is 0.781 bits per heavy atom. The number of hydrogen-bond donors (Lipinski definition) is 0. The highest BCUT2D eigenvalue weighted by atomic mass is 32.2. The number of hydrogen-bond acceptors (Lipinski definition) is 5. The van der Waals surface area contributed by atoms with Crippen LogP contribution in [0.3, 0.4) is 0 Å². The van der Waals surface area contributed by atoms with Gasteiger partial charge in [-0.05, 0) is 74.2 Å². The monoisotopic (exact) mass is 450 g/mol. The summed E-state index contributed by atoms with van der Waals surface area (Å²) in [5.41, 5.74) is 4.76. The fourth-order valence-electron chi connectivity index (χ4n) is 4.74. The Morgan fingerprint density at radius 2 is 1.50 bits per heavy atom. The zero-order chi connectivity index (χ0) is 22.3. The summed E-state index contributed by atoms with van der Waals surface area (Å²) in [6.45, 7) is 9.27. The number of rotatable bonds is 4. The molecule has 3 heterocycles. The van der Waals surface area contributed by atoms with Crippen molar-refractivity contribution in [3.05, 3.63) is 59.7 Å². The Bertz CT molecular complexity index is 1240. The molecule has 0 N–H and O–H groups in total. The van der Waals surface area contributed by atoms with Gasteiger partial charge in [-0.3, -0.25) is 0 Å². The van der Waals surface area contributed by atoms with Gasteiger partial charge in [0.15, 0.2) is 0 Å². The standard InChI is InChI=1S/C25H30N4O2S/c1-19-5-6-20(2)24(17-19)27-13-15-28(16-14-27)25-10-7-21-18-22(8-9-23(21)26-25)32(30,31)29-11-3-4-12-29/h5-10,17-18H,3-4,11-16H2,1-2H3. The molecule has 2 fully saturated rings. The highest BCUT2D eigenvalue weighted by Gasteiger charge is 2.27. The molecule has 0 radical (unpaired) electrons. The van der Waals surface area contributed by atoms with E-state index < -0.39 is 10.0 Å². The van der Waals surface area contributed by atoms with E-state index in [4.69, 9.17) is 4.98 Å². The van der Waals surface area contributed by atoms with Crippen LogP contribution in [0.15, 0.2) is 53.4 Å². The fourth-order valence-corrected chi connectivity index (χ4v) is 6.30. The van der Waals surface area contributed by atoms with Crippen LogP contribution in [0.1, 0.15) is 24.0 Å². The van der Waals surface area contributed by atoms with Gasteiger partial charge in [0, 0.05) is 50.3 Å². The molecule has 0 atom stereocenters. The highest BCUT2D eigenvalue weighted by Crippen LogP contribution is 2.27. The lowest BCUT2D eigenvalue weighted by atomic mass is 10.1. The Morgan fingerprint density at radius 3 is 2.25 bits per heavy atom. The summed E-state index contributed by atoms with van der Waals surface area (Å²) in [5.74, 6) is 0.952. The van der Waals surface area contributed by atoms with Crippen LogP contribution in [0.5, 0.6) is 0 Å². The van der Waals surface area contributed by atoms with Crippen LogP contribution in [0.25, 0.3) is 10.9 Å². The maximum Gasteiger partial charge on any atom is 0.243 e. The van der Waals surface area contributed by atoms with E-state index in [9.17, 15) is 8.42 Å². The molecule has 5 rings (SSSR count). The van der Waals surface area contributed by atoms with E-state index in [1.54, 1.807) is 16.4 Å². The van der Waals surface area contributed by atoms with Crippen LogP contribution >= 0.6 is 0 Å². The number of anilines is 2. The summed E-state index contributed by atoms with van der Waals surface area (Å²) in [4.78, 5) is 9.98. The SMILES string of the molecule is Cc1ccc(C)c(N2CCN(c3ccc4cc(S(=O)(=O)N5CCCC5)ccc4n3)CC2)c1. The van der Waals surface area contributed by atoms with Crippen LogP contribution < -0.4 is 9.80 Å². The molecule has 2 aliphatic rings. The maximum absolute atomic E-state index is 12.9. The number of piperazine rings is 1. The summed E-state index contributed by atoms with van der Waals surface area (Å²) in [6.07, 6.45) is 1.88. The van der Waals surface area contributed by atoms with Gasteiger partial charge in [0.25, 0.3) is 0 Å². The van der Waals surface area contributed by atoms with Crippen molar-refractivity contribution in [1.29, 1.82) is 0 Å². The Hall–Kier alpha value is -2.64. The average molecular weight is 451 g/mol. The number of sulfonamides is 1. The minimum absolute atomic E-state index is 0.364. The molecule has 168 valence electrons. The second kappa shape index (κ2) is 8.37. The number of pyridine rings is 1. The topological polar surface area (TPSA) is 56.8 Å². The number of aromatic nitrogens is 1. The van der Waals surface area contributed by atoms with Crippen molar-refractivity contribution < 1.29 is 8.42 Å². The molecule has 0 aliphatic carbocycles. The zero-order valence-corrected chi connectivity index (χ0v) is 19.6. The molecular formula is C25H30N4O2S. The molecule has 7 heteroatoms. The molecule has 0 saturated carbocycles. The first-order chi connectivity index (χ1) is 15.4. The third-order valence-corrected chi connectivity index (χ3v) is 8.55. The fraction of sp³-hybridized carbons (Fsp3) is 0.400. The van der Waals surface area contributed by atoms with Crippen LogP contribution in [0.4, 0.5) is 11.5 Å². The normalized spacial score (nSPS) is 17.9. The third kappa shape index (κ3) is 3.95. The van der Waals surface area contributed by atoms with Crippen LogP contribution in [0.2, 0.25) is 0 Å². The molecule has 0 unspecified atom stereocenters. The molecule has 32 heavy (non-hydrogen) atoms. The lowest BCUT2D eigenvalue weighted by Crippen LogP contribution is -2.47. The maximum atomic E-state index is 12.9. The Labute approximate surface area is 190 Å². The van der Waals surface area contributed by atoms with E-state index in [0.717, 1.165) is 55.7 Å². The van der Waals surface area contributed by atoms with Gasteiger partial charge in [0.2, 0.25) is 10.0 Å². The van der Waals surface area contributed by atoms with E-state index in [1.165, 1.54) is 16.8 Å². The molecule has 0 bridgehead atoms. The number of fused-ring (bicyclic) bond motifs is 1. The summed E-state index contributed by atoms with van der Waals surface area (Å²) in [7, 11) is -3.41. The van der Waals surface area contributed by atoms with E-state index in [2.05, 4.69) is 41.8 Å². The average Bonchev–Trinajstić information content (AvgIpc) is 3.36. The van der Waals surface area contributed by atoms with Crippen molar-refractivity contribution in [1.82, 2.24) is 9.29 Å². The Kier molecular flexibility index (Phi) is 5.55. The van der Waals surface area contributed by atoms with Gasteiger partial charge in [-0.25, -0.2) is 13.4 Å². The predicted octanol–water partition coefficient (Wildman–Crippen LogP) is 3.96.